The number of hydrogen-bond donors (Lipinski definition) is 0. The monoisotopic (exact) mass is 263 g/mol. The van der Waals surface area contributed by atoms with Crippen LogP contribution in [0, 0.1) is 18.3 Å². The summed E-state index contributed by atoms with van der Waals surface area (Å²) in [7, 11) is 1.81. The number of nitrogens with zero attached hydrogens (tertiary/aromatic N) is 3. The van der Waals surface area contributed by atoms with Crippen molar-refractivity contribution in [2.45, 2.75) is 32.4 Å². The zero-order valence-corrected chi connectivity index (χ0v) is 11.9. The van der Waals surface area contributed by atoms with Crippen LogP contribution in [0.1, 0.15) is 30.3 Å². The van der Waals surface area contributed by atoms with Gasteiger partial charge in [-0.25, -0.2) is 4.79 Å². The minimum Gasteiger partial charge on any atom is -0.318 e. The summed E-state index contributed by atoms with van der Waals surface area (Å²) in [4.78, 5) is 16.8. The summed E-state index contributed by atoms with van der Waals surface area (Å²) in [5, 5.41) is 11.2. The van der Waals surface area contributed by atoms with Crippen molar-refractivity contribution in [2.75, 3.05) is 13.6 Å². The first-order chi connectivity index (χ1) is 8.38. The van der Waals surface area contributed by atoms with Gasteiger partial charge in [0.05, 0.1) is 12.1 Å². The topological polar surface area (TPSA) is 47.3 Å². The molecule has 96 valence electrons. The molecule has 0 spiro atoms. The molecule has 0 aromatic carbocycles. The Balaban J connectivity index is 2.32. The van der Waals surface area contributed by atoms with E-state index in [0.717, 1.165) is 0 Å². The highest BCUT2D eigenvalue weighted by Crippen LogP contribution is 2.36. The van der Waals surface area contributed by atoms with Crippen LogP contribution in [0.5, 0.6) is 0 Å². The molecule has 1 fully saturated rings. The second-order valence-corrected chi connectivity index (χ2v) is 6.11. The molecule has 2 amide bonds. The van der Waals surface area contributed by atoms with E-state index in [-0.39, 0.29) is 12.1 Å². The fraction of sp³-hybridized carbons (Fsp3) is 0.538. The second kappa shape index (κ2) is 4.29. The Morgan fingerprint density at radius 3 is 2.72 bits per heavy atom. The van der Waals surface area contributed by atoms with Crippen LogP contribution in [-0.4, -0.2) is 35.0 Å². The van der Waals surface area contributed by atoms with E-state index in [1.807, 2.05) is 5.38 Å². The Morgan fingerprint density at radius 2 is 2.22 bits per heavy atom. The Kier molecular flexibility index (Phi) is 3.07. The lowest BCUT2D eigenvalue weighted by molar-refractivity contribution is 0.172. The van der Waals surface area contributed by atoms with Crippen LogP contribution < -0.4 is 0 Å². The smallest absolute Gasteiger partial charge is 0.318 e. The van der Waals surface area contributed by atoms with E-state index < -0.39 is 5.54 Å². The Hall–Kier alpha value is -1.54. The number of aryl methyl sites for hydroxylation is 1. The standard InChI is InChI=1S/C13H17N3OS/c1-9-5-6-18-11(9)10-7-16(12(17)15(10)4)13(2,3)8-14/h5-6,10H,7H2,1-4H3. The van der Waals surface area contributed by atoms with Crippen LogP contribution in [-0.2, 0) is 0 Å². The van der Waals surface area contributed by atoms with Gasteiger partial charge in [-0.3, -0.25) is 0 Å². The molecular weight excluding hydrogens is 246 g/mol. The van der Waals surface area contributed by atoms with Crippen LogP contribution in [0.4, 0.5) is 4.79 Å². The Labute approximate surface area is 111 Å². The van der Waals surface area contributed by atoms with Crippen molar-refractivity contribution in [1.29, 1.82) is 5.26 Å². The SMILES string of the molecule is Cc1ccsc1C1CN(C(C)(C)C#N)C(=O)N1C. The van der Waals surface area contributed by atoms with Gasteiger partial charge < -0.3 is 9.80 Å². The molecule has 4 nitrogen and oxygen atoms in total. The Morgan fingerprint density at radius 1 is 1.56 bits per heavy atom. The van der Waals surface area contributed by atoms with Gasteiger partial charge in [-0.2, -0.15) is 5.26 Å². The van der Waals surface area contributed by atoms with Crippen molar-refractivity contribution in [1.82, 2.24) is 9.80 Å². The average molecular weight is 263 g/mol. The average Bonchev–Trinajstić information content (AvgIpc) is 2.86. The molecule has 1 aromatic heterocycles. The summed E-state index contributed by atoms with van der Waals surface area (Å²) in [6.45, 7) is 6.20. The third-order valence-electron chi connectivity index (χ3n) is 3.51. The highest BCUT2D eigenvalue weighted by Gasteiger charge is 2.43. The van der Waals surface area contributed by atoms with Gasteiger partial charge in [0.25, 0.3) is 0 Å². The van der Waals surface area contributed by atoms with E-state index in [0.29, 0.717) is 6.54 Å². The lowest BCUT2D eigenvalue weighted by Crippen LogP contribution is -2.44. The predicted molar refractivity (Wildman–Crippen MR) is 71.4 cm³/mol. The summed E-state index contributed by atoms with van der Waals surface area (Å²) >= 11 is 1.67. The van der Waals surface area contributed by atoms with Crippen molar-refractivity contribution in [3.05, 3.63) is 21.9 Å². The molecule has 0 bridgehead atoms. The summed E-state index contributed by atoms with van der Waals surface area (Å²) < 4.78 is 0. The van der Waals surface area contributed by atoms with Gasteiger partial charge in [-0.15, -0.1) is 11.3 Å². The predicted octanol–water partition coefficient (Wildman–Crippen LogP) is 2.77. The quantitative estimate of drug-likeness (QED) is 0.823. The van der Waals surface area contributed by atoms with Gasteiger partial charge in [-0.05, 0) is 37.8 Å². The maximum absolute atomic E-state index is 12.2. The van der Waals surface area contributed by atoms with Gasteiger partial charge in [0, 0.05) is 18.5 Å². The molecule has 18 heavy (non-hydrogen) atoms. The highest BCUT2D eigenvalue weighted by atomic mass is 32.1. The van der Waals surface area contributed by atoms with Gasteiger partial charge in [0.2, 0.25) is 0 Å². The minimum atomic E-state index is -0.759. The number of urea groups is 1. The van der Waals surface area contributed by atoms with Crippen molar-refractivity contribution < 1.29 is 4.79 Å². The van der Waals surface area contributed by atoms with Gasteiger partial charge in [-0.1, -0.05) is 0 Å². The number of rotatable bonds is 2. The number of hydrogen-bond acceptors (Lipinski definition) is 3. The maximum Gasteiger partial charge on any atom is 0.321 e. The molecule has 1 saturated heterocycles. The summed E-state index contributed by atoms with van der Waals surface area (Å²) in [6.07, 6.45) is 0. The number of thiophene rings is 1. The summed E-state index contributed by atoms with van der Waals surface area (Å²) in [6, 6.07) is 4.25. The molecule has 0 radical (unpaired) electrons. The number of carbonyl (C=O) groups excluding carboxylic acids is 1. The fourth-order valence-corrected chi connectivity index (χ4v) is 3.27. The van der Waals surface area contributed by atoms with Crippen LogP contribution >= 0.6 is 11.3 Å². The lowest BCUT2D eigenvalue weighted by atomic mass is 10.1. The van der Waals surface area contributed by atoms with E-state index in [1.165, 1.54) is 10.4 Å². The largest absolute Gasteiger partial charge is 0.321 e. The first kappa shape index (κ1) is 12.9. The van der Waals surface area contributed by atoms with Gasteiger partial charge in [0.1, 0.15) is 5.54 Å². The number of amides is 2. The summed E-state index contributed by atoms with van der Waals surface area (Å²) in [5.41, 5.74) is 0.451. The molecule has 0 aliphatic carbocycles. The minimum absolute atomic E-state index is 0.0603. The first-order valence-electron chi connectivity index (χ1n) is 5.88. The van der Waals surface area contributed by atoms with E-state index >= 15 is 0 Å². The van der Waals surface area contributed by atoms with Crippen LogP contribution in [0.2, 0.25) is 0 Å². The van der Waals surface area contributed by atoms with Crippen LogP contribution in [0.25, 0.3) is 0 Å². The second-order valence-electron chi connectivity index (χ2n) is 5.16. The maximum atomic E-state index is 12.2. The zero-order valence-electron chi connectivity index (χ0n) is 11.1. The van der Waals surface area contributed by atoms with Crippen LogP contribution in [0.3, 0.4) is 0 Å². The van der Waals surface area contributed by atoms with E-state index in [2.05, 4.69) is 19.1 Å². The summed E-state index contributed by atoms with van der Waals surface area (Å²) in [5.74, 6) is 0. The molecule has 0 N–H and O–H groups in total. The molecule has 0 saturated carbocycles. The number of nitriles is 1. The molecule has 1 aliphatic rings. The van der Waals surface area contributed by atoms with Crippen molar-refractivity contribution >= 4 is 17.4 Å². The molecule has 1 unspecified atom stereocenters. The first-order valence-corrected chi connectivity index (χ1v) is 6.76. The third kappa shape index (κ3) is 1.87. The van der Waals surface area contributed by atoms with Gasteiger partial charge in [0.15, 0.2) is 0 Å². The van der Waals surface area contributed by atoms with Crippen LogP contribution in [0.15, 0.2) is 11.4 Å². The van der Waals surface area contributed by atoms with E-state index in [4.69, 9.17) is 0 Å². The number of likely N-dealkylation sites (N-methyl/N-ethyl adjacent to an activating group) is 1. The molecule has 5 heteroatoms. The lowest BCUT2D eigenvalue weighted by Gasteiger charge is -2.27. The van der Waals surface area contributed by atoms with Crippen molar-refractivity contribution in [3.63, 3.8) is 0 Å². The highest BCUT2D eigenvalue weighted by molar-refractivity contribution is 7.10. The normalized spacial score (nSPS) is 20.4. The fourth-order valence-electron chi connectivity index (χ4n) is 2.21. The molecule has 1 aromatic rings. The number of carbonyl (C=O) groups is 1. The molecule has 2 rings (SSSR count). The molecule has 2 heterocycles. The van der Waals surface area contributed by atoms with E-state index in [1.54, 1.807) is 42.0 Å². The van der Waals surface area contributed by atoms with Gasteiger partial charge >= 0.3 is 6.03 Å². The zero-order chi connectivity index (χ0) is 13.5. The van der Waals surface area contributed by atoms with Crippen molar-refractivity contribution in [3.8, 4) is 6.07 Å². The van der Waals surface area contributed by atoms with Crippen molar-refractivity contribution in [2.24, 2.45) is 0 Å². The molecule has 1 atom stereocenters. The van der Waals surface area contributed by atoms with E-state index in [9.17, 15) is 10.1 Å². The third-order valence-corrected chi connectivity index (χ3v) is 4.63. The molecular formula is C13H17N3OS. The molecule has 1 aliphatic heterocycles. The Bertz CT molecular complexity index is 515.